The molecule has 0 aromatic carbocycles. The van der Waals surface area contributed by atoms with E-state index in [9.17, 15) is 9.59 Å². The highest BCUT2D eigenvalue weighted by Gasteiger charge is 2.19. The molecule has 0 atom stereocenters. The number of amides is 1. The number of nitrogens with zero attached hydrogens (tertiary/aromatic N) is 3. The van der Waals surface area contributed by atoms with Crippen molar-refractivity contribution in [2.75, 3.05) is 0 Å². The van der Waals surface area contributed by atoms with E-state index in [1.54, 1.807) is 0 Å². The Morgan fingerprint density at radius 2 is 2.17 bits per heavy atom. The van der Waals surface area contributed by atoms with Crippen molar-refractivity contribution < 1.29 is 4.79 Å². The average molecular weight is 345 g/mol. The molecule has 3 aromatic heterocycles. The van der Waals surface area contributed by atoms with Gasteiger partial charge in [0.25, 0.3) is 5.91 Å². The summed E-state index contributed by atoms with van der Waals surface area (Å²) in [6.45, 7) is 2.15. The third-order valence-electron chi connectivity index (χ3n) is 3.80. The molecule has 3 rings (SSSR count). The number of imidazole rings is 1. The van der Waals surface area contributed by atoms with Gasteiger partial charge in [0.1, 0.15) is 16.3 Å². The molecule has 0 aliphatic carbocycles. The molecule has 7 nitrogen and oxygen atoms in total. The van der Waals surface area contributed by atoms with E-state index < -0.39 is 5.91 Å². The number of fused-ring (bicyclic) bond motifs is 1. The van der Waals surface area contributed by atoms with E-state index in [2.05, 4.69) is 21.9 Å². The molecular formula is C16H19N5O2S. The summed E-state index contributed by atoms with van der Waals surface area (Å²) in [6.07, 6.45) is 4.96. The van der Waals surface area contributed by atoms with Crippen LogP contribution in [0.4, 0.5) is 0 Å². The van der Waals surface area contributed by atoms with Gasteiger partial charge in [-0.15, -0.1) is 11.3 Å². The first-order chi connectivity index (χ1) is 11.6. The summed E-state index contributed by atoms with van der Waals surface area (Å²) in [7, 11) is 0. The summed E-state index contributed by atoms with van der Waals surface area (Å²) in [5.74, 6) is -0.131. The molecule has 0 unspecified atom stereocenters. The zero-order valence-electron chi connectivity index (χ0n) is 13.4. The number of thiophene rings is 1. The Morgan fingerprint density at radius 1 is 1.33 bits per heavy atom. The van der Waals surface area contributed by atoms with Crippen molar-refractivity contribution in [3.63, 3.8) is 0 Å². The molecule has 3 aromatic rings. The minimum absolute atomic E-state index is 0.0675. The average Bonchev–Trinajstić information content (AvgIpc) is 3.17. The summed E-state index contributed by atoms with van der Waals surface area (Å²) >= 11 is 1.42. The zero-order valence-corrected chi connectivity index (χ0v) is 14.2. The van der Waals surface area contributed by atoms with Crippen molar-refractivity contribution in [2.45, 2.75) is 39.0 Å². The summed E-state index contributed by atoms with van der Waals surface area (Å²) < 4.78 is 1.46. The Balaban J connectivity index is 2.10. The van der Waals surface area contributed by atoms with Crippen LogP contribution in [0.15, 0.2) is 22.3 Å². The van der Waals surface area contributed by atoms with Crippen LogP contribution in [-0.2, 0) is 6.42 Å². The lowest BCUT2D eigenvalue weighted by Gasteiger charge is -2.05. The second-order valence-corrected chi connectivity index (χ2v) is 6.50. The zero-order chi connectivity index (χ0) is 17.1. The Bertz CT molecular complexity index is 911. The van der Waals surface area contributed by atoms with E-state index in [0.29, 0.717) is 23.4 Å². The van der Waals surface area contributed by atoms with Gasteiger partial charge in [0.2, 0.25) is 0 Å². The minimum Gasteiger partial charge on any atom is -0.364 e. The van der Waals surface area contributed by atoms with Gasteiger partial charge >= 0.3 is 5.69 Å². The number of aromatic nitrogens is 4. The lowest BCUT2D eigenvalue weighted by Crippen LogP contribution is -2.16. The highest BCUT2D eigenvalue weighted by atomic mass is 32.1. The number of aryl methyl sites for hydroxylation is 1. The second-order valence-electron chi connectivity index (χ2n) is 5.58. The lowest BCUT2D eigenvalue weighted by molar-refractivity contribution is 0.0996. The second kappa shape index (κ2) is 6.96. The molecule has 1 amide bonds. The molecule has 3 N–H and O–H groups in total. The van der Waals surface area contributed by atoms with E-state index in [1.807, 2.05) is 17.5 Å². The van der Waals surface area contributed by atoms with Crippen LogP contribution in [0.2, 0.25) is 0 Å². The quantitative estimate of drug-likeness (QED) is 0.641. The number of aromatic amines is 1. The van der Waals surface area contributed by atoms with Gasteiger partial charge in [-0.25, -0.2) is 19.3 Å². The number of H-pyrrole nitrogens is 1. The van der Waals surface area contributed by atoms with Crippen LogP contribution >= 0.6 is 11.3 Å². The number of hydrogen-bond acceptors (Lipinski definition) is 5. The predicted molar refractivity (Wildman–Crippen MR) is 93.7 cm³/mol. The molecule has 0 saturated carbocycles. The van der Waals surface area contributed by atoms with E-state index >= 15 is 0 Å². The highest BCUT2D eigenvalue weighted by Crippen LogP contribution is 2.20. The van der Waals surface area contributed by atoms with Gasteiger partial charge in [0.15, 0.2) is 11.3 Å². The number of nitrogens with two attached hydrogens (primary N) is 1. The van der Waals surface area contributed by atoms with Crippen LogP contribution < -0.4 is 11.4 Å². The molecule has 0 aliphatic heterocycles. The molecule has 0 fully saturated rings. The summed E-state index contributed by atoms with van der Waals surface area (Å²) in [5, 5.41) is 2.61. The van der Waals surface area contributed by atoms with Crippen LogP contribution in [0.5, 0.6) is 0 Å². The number of carbonyl (C=O) groups is 1. The lowest BCUT2D eigenvalue weighted by atomic mass is 10.1. The Morgan fingerprint density at radius 3 is 2.83 bits per heavy atom. The maximum absolute atomic E-state index is 12.3. The molecule has 24 heavy (non-hydrogen) atoms. The predicted octanol–water partition coefficient (Wildman–Crippen LogP) is 2.39. The maximum Gasteiger partial charge on any atom is 0.333 e. The molecule has 0 aliphatic rings. The van der Waals surface area contributed by atoms with Crippen LogP contribution in [0.3, 0.4) is 0 Å². The fourth-order valence-electron chi connectivity index (χ4n) is 2.63. The van der Waals surface area contributed by atoms with Crippen LogP contribution in [0.25, 0.3) is 16.2 Å². The molecule has 0 saturated heterocycles. The number of unbranched alkanes of at least 4 members (excludes halogenated alkanes) is 3. The van der Waals surface area contributed by atoms with Gasteiger partial charge in [-0.05, 0) is 23.9 Å². The van der Waals surface area contributed by atoms with Crippen molar-refractivity contribution in [1.29, 1.82) is 0 Å². The largest absolute Gasteiger partial charge is 0.364 e. The normalized spacial score (nSPS) is 11.2. The SMILES string of the molecule is CCCCCCc1nc(C(N)=O)c2[nH]c(=O)n(-c3cccs3)c2n1. The van der Waals surface area contributed by atoms with Gasteiger partial charge in [-0.2, -0.15) is 0 Å². The molecule has 0 spiro atoms. The number of nitrogens with one attached hydrogen (secondary N) is 1. The molecule has 3 heterocycles. The van der Waals surface area contributed by atoms with Crippen molar-refractivity contribution in [1.82, 2.24) is 19.5 Å². The van der Waals surface area contributed by atoms with E-state index in [-0.39, 0.29) is 11.4 Å². The van der Waals surface area contributed by atoms with E-state index in [1.165, 1.54) is 15.9 Å². The van der Waals surface area contributed by atoms with Gasteiger partial charge in [-0.1, -0.05) is 26.2 Å². The number of carbonyl (C=O) groups excluding carboxylic acids is 1. The summed E-state index contributed by atoms with van der Waals surface area (Å²) in [5.41, 5.74) is 5.85. The molecule has 0 bridgehead atoms. The first-order valence-corrected chi connectivity index (χ1v) is 8.85. The molecule has 126 valence electrons. The summed E-state index contributed by atoms with van der Waals surface area (Å²) in [4.78, 5) is 35.5. The standard InChI is InChI=1S/C16H19N5O2S/c1-2-3-4-5-7-10-18-12(14(17)22)13-15(19-10)21(16(23)20-13)11-8-6-9-24-11/h6,8-9H,2-5,7H2,1H3,(H2,17,22)(H,20,23). The molecule has 8 heteroatoms. The van der Waals surface area contributed by atoms with E-state index in [4.69, 9.17) is 5.73 Å². The topological polar surface area (TPSA) is 107 Å². The Kier molecular flexibility index (Phi) is 4.75. The van der Waals surface area contributed by atoms with Gasteiger partial charge in [0.05, 0.1) is 0 Å². The molecule has 0 radical (unpaired) electrons. The smallest absolute Gasteiger partial charge is 0.333 e. The summed E-state index contributed by atoms with van der Waals surface area (Å²) in [6, 6.07) is 3.68. The third kappa shape index (κ3) is 3.09. The van der Waals surface area contributed by atoms with Gasteiger partial charge in [-0.3, -0.25) is 4.79 Å². The third-order valence-corrected chi connectivity index (χ3v) is 4.65. The number of rotatable bonds is 7. The number of primary amides is 1. The van der Waals surface area contributed by atoms with Crippen LogP contribution in [0.1, 0.15) is 48.9 Å². The first-order valence-electron chi connectivity index (χ1n) is 7.97. The highest BCUT2D eigenvalue weighted by molar-refractivity contribution is 7.12. The minimum atomic E-state index is -0.670. The fourth-order valence-corrected chi connectivity index (χ4v) is 3.36. The van der Waals surface area contributed by atoms with Crippen molar-refractivity contribution in [2.24, 2.45) is 5.73 Å². The van der Waals surface area contributed by atoms with Gasteiger partial charge in [0, 0.05) is 6.42 Å². The van der Waals surface area contributed by atoms with Crippen LogP contribution in [0, 0.1) is 0 Å². The fraction of sp³-hybridized carbons (Fsp3) is 0.375. The monoisotopic (exact) mass is 345 g/mol. The van der Waals surface area contributed by atoms with Crippen molar-refractivity contribution >= 4 is 28.4 Å². The first kappa shape index (κ1) is 16.4. The van der Waals surface area contributed by atoms with Crippen molar-refractivity contribution in [3.8, 4) is 5.00 Å². The van der Waals surface area contributed by atoms with Crippen molar-refractivity contribution in [3.05, 3.63) is 39.5 Å². The van der Waals surface area contributed by atoms with Gasteiger partial charge < -0.3 is 10.7 Å². The Hall–Kier alpha value is -2.48. The van der Waals surface area contributed by atoms with Crippen LogP contribution in [-0.4, -0.2) is 25.4 Å². The maximum atomic E-state index is 12.3. The Labute approximate surface area is 142 Å². The van der Waals surface area contributed by atoms with E-state index in [0.717, 1.165) is 30.7 Å². The molecular weight excluding hydrogens is 326 g/mol. The number of hydrogen-bond donors (Lipinski definition) is 2.